The van der Waals surface area contributed by atoms with Gasteiger partial charge in [0.25, 0.3) is 0 Å². The topological polar surface area (TPSA) is 46.3 Å². The average Bonchev–Trinajstić information content (AvgIpc) is 2.25. The maximum absolute atomic E-state index is 12.0. The Morgan fingerprint density at radius 1 is 1.56 bits per heavy atom. The van der Waals surface area contributed by atoms with Crippen LogP contribution >= 0.6 is 11.8 Å². The lowest BCUT2D eigenvalue weighted by molar-refractivity contribution is -0.131. The smallest absolute Gasteiger partial charge is 0.222 e. The second-order valence-corrected chi connectivity index (χ2v) is 6.64. The summed E-state index contributed by atoms with van der Waals surface area (Å²) in [6.07, 6.45) is 2.51. The lowest BCUT2D eigenvalue weighted by atomic mass is 9.99. The van der Waals surface area contributed by atoms with E-state index in [1.54, 1.807) is 0 Å². The zero-order chi connectivity index (χ0) is 12.2. The van der Waals surface area contributed by atoms with Crippen molar-refractivity contribution in [2.45, 2.75) is 50.8 Å². The van der Waals surface area contributed by atoms with Crippen molar-refractivity contribution in [2.75, 3.05) is 18.8 Å². The minimum atomic E-state index is -0.232. The molecule has 0 bridgehead atoms. The number of hydrogen-bond acceptors (Lipinski definition) is 3. The highest BCUT2D eigenvalue weighted by atomic mass is 32.2. The van der Waals surface area contributed by atoms with Crippen LogP contribution in [0.2, 0.25) is 0 Å². The molecule has 0 aromatic heterocycles. The largest absolute Gasteiger partial charge is 0.341 e. The molecule has 1 heterocycles. The van der Waals surface area contributed by atoms with E-state index in [0.29, 0.717) is 11.7 Å². The van der Waals surface area contributed by atoms with Crippen molar-refractivity contribution in [3.05, 3.63) is 0 Å². The molecule has 94 valence electrons. The van der Waals surface area contributed by atoms with Crippen LogP contribution < -0.4 is 5.73 Å². The molecule has 1 amide bonds. The fourth-order valence-electron chi connectivity index (χ4n) is 1.78. The van der Waals surface area contributed by atoms with Crippen LogP contribution in [0.3, 0.4) is 0 Å². The van der Waals surface area contributed by atoms with Gasteiger partial charge < -0.3 is 10.6 Å². The summed E-state index contributed by atoms with van der Waals surface area (Å²) in [5.41, 5.74) is 5.66. The van der Waals surface area contributed by atoms with Gasteiger partial charge >= 0.3 is 0 Å². The standard InChI is InChI=1S/C12H24N2OS/c1-4-10-9-14(7-8-16-10)11(15)5-6-12(2,3)13/h10H,4-9,13H2,1-3H3. The summed E-state index contributed by atoms with van der Waals surface area (Å²) in [4.78, 5) is 14.0. The van der Waals surface area contributed by atoms with E-state index in [0.717, 1.165) is 31.7 Å². The van der Waals surface area contributed by atoms with Gasteiger partial charge in [-0.25, -0.2) is 0 Å². The van der Waals surface area contributed by atoms with Gasteiger partial charge in [0.2, 0.25) is 5.91 Å². The molecule has 0 saturated carbocycles. The zero-order valence-corrected chi connectivity index (χ0v) is 11.5. The third kappa shape index (κ3) is 4.74. The van der Waals surface area contributed by atoms with E-state index in [9.17, 15) is 4.79 Å². The van der Waals surface area contributed by atoms with Crippen molar-refractivity contribution in [1.82, 2.24) is 4.90 Å². The van der Waals surface area contributed by atoms with Gasteiger partial charge in [0.15, 0.2) is 0 Å². The van der Waals surface area contributed by atoms with Crippen molar-refractivity contribution in [3.8, 4) is 0 Å². The lowest BCUT2D eigenvalue weighted by Gasteiger charge is -2.32. The highest BCUT2D eigenvalue weighted by Gasteiger charge is 2.23. The monoisotopic (exact) mass is 244 g/mol. The van der Waals surface area contributed by atoms with E-state index in [1.807, 2.05) is 30.5 Å². The molecule has 4 heteroatoms. The number of amides is 1. The van der Waals surface area contributed by atoms with E-state index in [2.05, 4.69) is 6.92 Å². The molecule has 0 aliphatic carbocycles. The number of carbonyl (C=O) groups is 1. The lowest BCUT2D eigenvalue weighted by Crippen LogP contribution is -2.43. The Balaban J connectivity index is 2.36. The van der Waals surface area contributed by atoms with Crippen LogP contribution in [0.4, 0.5) is 0 Å². The number of thioether (sulfide) groups is 1. The highest BCUT2D eigenvalue weighted by Crippen LogP contribution is 2.22. The zero-order valence-electron chi connectivity index (χ0n) is 10.7. The quantitative estimate of drug-likeness (QED) is 0.821. The Morgan fingerprint density at radius 2 is 2.25 bits per heavy atom. The van der Waals surface area contributed by atoms with E-state index in [1.165, 1.54) is 0 Å². The van der Waals surface area contributed by atoms with Crippen LogP contribution in [0.5, 0.6) is 0 Å². The van der Waals surface area contributed by atoms with Crippen LogP contribution in [0.25, 0.3) is 0 Å². The molecular formula is C12H24N2OS. The third-order valence-corrected chi connectivity index (χ3v) is 4.30. The first-order valence-electron chi connectivity index (χ1n) is 6.10. The minimum absolute atomic E-state index is 0.232. The summed E-state index contributed by atoms with van der Waals surface area (Å²) in [6.45, 7) is 7.97. The Labute approximate surface area is 103 Å². The fraction of sp³-hybridized carbons (Fsp3) is 0.917. The molecule has 0 aromatic rings. The molecule has 2 N–H and O–H groups in total. The van der Waals surface area contributed by atoms with Crippen LogP contribution in [0.1, 0.15) is 40.0 Å². The van der Waals surface area contributed by atoms with Crippen molar-refractivity contribution in [2.24, 2.45) is 5.73 Å². The van der Waals surface area contributed by atoms with Crippen LogP contribution in [0, 0.1) is 0 Å². The molecule has 0 radical (unpaired) electrons. The van der Waals surface area contributed by atoms with Gasteiger partial charge in [-0.3, -0.25) is 4.79 Å². The summed E-state index contributed by atoms with van der Waals surface area (Å²) in [5.74, 6) is 1.35. The van der Waals surface area contributed by atoms with Crippen LogP contribution in [0.15, 0.2) is 0 Å². The number of carbonyl (C=O) groups excluding carboxylic acids is 1. The maximum Gasteiger partial charge on any atom is 0.222 e. The van der Waals surface area contributed by atoms with Crippen LogP contribution in [-0.2, 0) is 4.79 Å². The van der Waals surface area contributed by atoms with E-state index < -0.39 is 0 Å². The first-order valence-corrected chi connectivity index (χ1v) is 7.15. The van der Waals surface area contributed by atoms with Gasteiger partial charge in [0, 0.05) is 36.1 Å². The molecule has 1 rings (SSSR count). The van der Waals surface area contributed by atoms with E-state index in [-0.39, 0.29) is 11.4 Å². The van der Waals surface area contributed by atoms with Gasteiger partial charge in [-0.05, 0) is 26.7 Å². The molecule has 1 atom stereocenters. The van der Waals surface area contributed by atoms with Gasteiger partial charge in [-0.2, -0.15) is 11.8 Å². The Kier molecular flexibility index (Phi) is 5.12. The van der Waals surface area contributed by atoms with Crippen molar-refractivity contribution >= 4 is 17.7 Å². The van der Waals surface area contributed by atoms with Gasteiger partial charge in [0.1, 0.15) is 0 Å². The minimum Gasteiger partial charge on any atom is -0.341 e. The summed E-state index contributed by atoms with van der Waals surface area (Å²) < 4.78 is 0. The molecule has 1 aliphatic heterocycles. The summed E-state index contributed by atoms with van der Waals surface area (Å²) in [7, 11) is 0. The molecule has 1 unspecified atom stereocenters. The molecule has 0 spiro atoms. The Morgan fingerprint density at radius 3 is 2.81 bits per heavy atom. The number of hydrogen-bond donors (Lipinski definition) is 1. The Bertz CT molecular complexity index is 238. The molecule has 1 fully saturated rings. The molecular weight excluding hydrogens is 220 g/mol. The van der Waals surface area contributed by atoms with Crippen molar-refractivity contribution in [3.63, 3.8) is 0 Å². The predicted molar refractivity (Wildman–Crippen MR) is 70.6 cm³/mol. The third-order valence-electron chi connectivity index (χ3n) is 2.93. The summed E-state index contributed by atoms with van der Waals surface area (Å²) >= 11 is 1.99. The maximum atomic E-state index is 12.0. The highest BCUT2D eigenvalue weighted by molar-refractivity contribution is 8.00. The van der Waals surface area contributed by atoms with E-state index >= 15 is 0 Å². The molecule has 3 nitrogen and oxygen atoms in total. The first kappa shape index (κ1) is 13.8. The number of rotatable bonds is 4. The molecule has 16 heavy (non-hydrogen) atoms. The second-order valence-electron chi connectivity index (χ2n) is 5.23. The van der Waals surface area contributed by atoms with Crippen LogP contribution in [-0.4, -0.2) is 40.4 Å². The number of nitrogens with zero attached hydrogens (tertiary/aromatic N) is 1. The van der Waals surface area contributed by atoms with Gasteiger partial charge in [-0.1, -0.05) is 6.92 Å². The fourth-order valence-corrected chi connectivity index (χ4v) is 2.96. The predicted octanol–water partition coefficient (Wildman–Crippen LogP) is 1.86. The normalized spacial score (nSPS) is 22.2. The molecule has 1 aliphatic rings. The van der Waals surface area contributed by atoms with Gasteiger partial charge in [0.05, 0.1) is 0 Å². The molecule has 1 saturated heterocycles. The average molecular weight is 244 g/mol. The van der Waals surface area contributed by atoms with Gasteiger partial charge in [-0.15, -0.1) is 0 Å². The Hall–Kier alpha value is -0.220. The first-order chi connectivity index (χ1) is 7.42. The molecule has 0 aromatic carbocycles. The number of nitrogens with two attached hydrogens (primary N) is 1. The summed E-state index contributed by atoms with van der Waals surface area (Å²) in [6, 6.07) is 0. The van der Waals surface area contributed by atoms with E-state index in [4.69, 9.17) is 5.73 Å². The van der Waals surface area contributed by atoms with Crippen molar-refractivity contribution < 1.29 is 4.79 Å². The SMILES string of the molecule is CCC1CN(C(=O)CCC(C)(C)N)CCS1. The second kappa shape index (κ2) is 5.92. The van der Waals surface area contributed by atoms with Crippen molar-refractivity contribution in [1.29, 1.82) is 0 Å². The summed E-state index contributed by atoms with van der Waals surface area (Å²) in [5, 5.41) is 0.628.